The Kier molecular flexibility index (Phi) is 2.81. The summed E-state index contributed by atoms with van der Waals surface area (Å²) in [4.78, 5) is 10.7. The van der Waals surface area contributed by atoms with Crippen LogP contribution in [0.2, 0.25) is 0 Å². The highest BCUT2D eigenvalue weighted by molar-refractivity contribution is 5.69. The van der Waals surface area contributed by atoms with Gasteiger partial charge in [-0.2, -0.15) is 0 Å². The van der Waals surface area contributed by atoms with Crippen LogP contribution in [0, 0.1) is 0 Å². The molecule has 0 radical (unpaired) electrons. The summed E-state index contributed by atoms with van der Waals surface area (Å²) in [5.74, 6) is 0. The van der Waals surface area contributed by atoms with Crippen LogP contribution in [0.5, 0.6) is 0 Å². The number of amides is 1. The number of rotatable bonds is 2. The third-order valence-electron chi connectivity index (χ3n) is 1.80. The van der Waals surface area contributed by atoms with Crippen LogP contribution in [-0.2, 0) is 9.47 Å². The van der Waals surface area contributed by atoms with Gasteiger partial charge in [-0.1, -0.05) is 0 Å². The number of hydrogen-bond acceptors (Lipinski definition) is 3. The number of carbonyl (C=O) groups is 1. The Bertz CT molecular complexity index is 198. The summed E-state index contributed by atoms with van der Waals surface area (Å²) in [6, 6.07) is -0.0216. The maximum Gasteiger partial charge on any atom is 0.407 e. The summed E-state index contributed by atoms with van der Waals surface area (Å²) in [7, 11) is 0. The van der Waals surface area contributed by atoms with E-state index in [2.05, 4.69) is 5.32 Å². The summed E-state index contributed by atoms with van der Waals surface area (Å²) in [5.41, 5.74) is -0.188. The lowest BCUT2D eigenvalue weighted by molar-refractivity contribution is -0.0643. The van der Waals surface area contributed by atoms with Crippen LogP contribution >= 0.6 is 0 Å². The average molecular weight is 187 g/mol. The van der Waals surface area contributed by atoms with E-state index in [4.69, 9.17) is 9.47 Å². The first kappa shape index (κ1) is 10.3. The predicted octanol–water partition coefficient (Wildman–Crippen LogP) is 1.30. The molecule has 0 aromatic heterocycles. The third-order valence-corrected chi connectivity index (χ3v) is 1.80. The lowest BCUT2D eigenvalue weighted by Gasteiger charge is -2.27. The van der Waals surface area contributed by atoms with E-state index in [0.29, 0.717) is 6.61 Å². The fraction of sp³-hybridized carbons (Fsp3) is 0.889. The minimum atomic E-state index is -0.352. The van der Waals surface area contributed by atoms with Crippen molar-refractivity contribution < 1.29 is 14.3 Å². The minimum Gasteiger partial charge on any atom is -0.447 e. The molecule has 2 atom stereocenters. The molecule has 4 nitrogen and oxygen atoms in total. The van der Waals surface area contributed by atoms with Gasteiger partial charge in [0.25, 0.3) is 0 Å². The highest BCUT2D eigenvalue weighted by atomic mass is 16.6. The minimum absolute atomic E-state index is 0.0216. The molecule has 1 rings (SSSR count). The Hall–Kier alpha value is -0.770. The molecule has 0 saturated carbocycles. The fourth-order valence-electron chi connectivity index (χ4n) is 1.29. The molecule has 0 bridgehead atoms. The van der Waals surface area contributed by atoms with Gasteiger partial charge >= 0.3 is 6.09 Å². The van der Waals surface area contributed by atoms with Crippen LogP contribution in [0.15, 0.2) is 0 Å². The smallest absolute Gasteiger partial charge is 0.407 e. The van der Waals surface area contributed by atoms with E-state index in [-0.39, 0.29) is 23.8 Å². The van der Waals surface area contributed by atoms with Crippen LogP contribution in [0.1, 0.15) is 27.7 Å². The predicted molar refractivity (Wildman–Crippen MR) is 48.6 cm³/mol. The molecule has 4 heteroatoms. The lowest BCUT2D eigenvalue weighted by atomic mass is 10.1. The SMILES string of the molecule is CC(OC(C)(C)C)[C@H]1COC(=O)N1. The Morgan fingerprint density at radius 2 is 2.23 bits per heavy atom. The summed E-state index contributed by atoms with van der Waals surface area (Å²) in [5, 5.41) is 2.69. The number of cyclic esters (lactones) is 1. The average Bonchev–Trinajstić information content (AvgIpc) is 2.31. The molecule has 0 aromatic rings. The highest BCUT2D eigenvalue weighted by Gasteiger charge is 2.30. The van der Waals surface area contributed by atoms with Gasteiger partial charge in [0.2, 0.25) is 0 Å². The van der Waals surface area contributed by atoms with E-state index in [1.165, 1.54) is 0 Å². The van der Waals surface area contributed by atoms with Gasteiger partial charge in [0.05, 0.1) is 17.7 Å². The molecule has 0 aromatic carbocycles. The van der Waals surface area contributed by atoms with Crippen molar-refractivity contribution >= 4 is 6.09 Å². The Balaban J connectivity index is 2.40. The quantitative estimate of drug-likeness (QED) is 0.708. The molecule has 1 amide bonds. The third kappa shape index (κ3) is 3.22. The van der Waals surface area contributed by atoms with Crippen molar-refractivity contribution in [3.05, 3.63) is 0 Å². The molecule has 76 valence electrons. The van der Waals surface area contributed by atoms with E-state index in [9.17, 15) is 4.79 Å². The van der Waals surface area contributed by atoms with Gasteiger partial charge in [-0.25, -0.2) is 4.79 Å². The summed E-state index contributed by atoms with van der Waals surface area (Å²) in [6.07, 6.45) is -0.374. The molecule has 1 saturated heterocycles. The van der Waals surface area contributed by atoms with E-state index in [1.54, 1.807) is 0 Å². The van der Waals surface area contributed by atoms with Crippen molar-refractivity contribution in [2.24, 2.45) is 0 Å². The molecule has 0 spiro atoms. The Labute approximate surface area is 78.6 Å². The van der Waals surface area contributed by atoms with Gasteiger partial charge in [-0.15, -0.1) is 0 Å². The first-order valence-corrected chi connectivity index (χ1v) is 4.49. The number of nitrogens with one attached hydrogen (secondary N) is 1. The van der Waals surface area contributed by atoms with Crippen molar-refractivity contribution in [3.63, 3.8) is 0 Å². The molecule has 1 aliphatic rings. The molecule has 0 aliphatic carbocycles. The standard InChI is InChI=1S/C9H17NO3/c1-6(13-9(2,3)4)7-5-12-8(11)10-7/h6-7H,5H2,1-4H3,(H,10,11)/t6?,7-/m1/s1. The Morgan fingerprint density at radius 1 is 1.62 bits per heavy atom. The van der Waals surface area contributed by atoms with Crippen LogP contribution in [0.3, 0.4) is 0 Å². The van der Waals surface area contributed by atoms with Gasteiger partial charge in [0.1, 0.15) is 6.61 Å². The summed E-state index contributed by atoms with van der Waals surface area (Å²) < 4.78 is 10.4. The van der Waals surface area contributed by atoms with Crippen LogP contribution in [0.25, 0.3) is 0 Å². The van der Waals surface area contributed by atoms with Crippen LogP contribution in [-0.4, -0.2) is 30.4 Å². The van der Waals surface area contributed by atoms with Crippen LogP contribution in [0.4, 0.5) is 4.79 Å². The second-order valence-corrected chi connectivity index (χ2v) is 4.28. The fourth-order valence-corrected chi connectivity index (χ4v) is 1.29. The van der Waals surface area contributed by atoms with Gasteiger partial charge in [0, 0.05) is 0 Å². The maximum atomic E-state index is 10.7. The normalized spacial score (nSPS) is 25.2. The molecule has 1 fully saturated rings. The van der Waals surface area contributed by atoms with E-state index >= 15 is 0 Å². The first-order chi connectivity index (χ1) is 5.88. The topological polar surface area (TPSA) is 47.6 Å². The summed E-state index contributed by atoms with van der Waals surface area (Å²) in [6.45, 7) is 8.30. The van der Waals surface area contributed by atoms with Gasteiger partial charge in [-0.3, -0.25) is 0 Å². The molecule has 1 aliphatic heterocycles. The van der Waals surface area contributed by atoms with E-state index in [1.807, 2.05) is 27.7 Å². The van der Waals surface area contributed by atoms with Gasteiger partial charge in [-0.05, 0) is 27.7 Å². The van der Waals surface area contributed by atoms with E-state index in [0.717, 1.165) is 0 Å². The monoisotopic (exact) mass is 187 g/mol. The second-order valence-electron chi connectivity index (χ2n) is 4.28. The molecule has 1 unspecified atom stereocenters. The van der Waals surface area contributed by atoms with Gasteiger partial charge < -0.3 is 14.8 Å². The molecule has 13 heavy (non-hydrogen) atoms. The zero-order valence-electron chi connectivity index (χ0n) is 8.59. The number of ether oxygens (including phenoxy) is 2. The van der Waals surface area contributed by atoms with E-state index < -0.39 is 0 Å². The van der Waals surface area contributed by atoms with Gasteiger partial charge in [0.15, 0.2) is 0 Å². The van der Waals surface area contributed by atoms with Crippen molar-refractivity contribution in [1.82, 2.24) is 5.32 Å². The zero-order valence-corrected chi connectivity index (χ0v) is 8.59. The molecule has 1 N–H and O–H groups in total. The maximum absolute atomic E-state index is 10.7. The van der Waals surface area contributed by atoms with Crippen molar-refractivity contribution in [2.75, 3.05) is 6.61 Å². The highest BCUT2D eigenvalue weighted by Crippen LogP contribution is 2.15. The largest absolute Gasteiger partial charge is 0.447 e. The molecular weight excluding hydrogens is 170 g/mol. The first-order valence-electron chi connectivity index (χ1n) is 4.49. The number of hydrogen-bond donors (Lipinski definition) is 1. The molecular formula is C9H17NO3. The Morgan fingerprint density at radius 3 is 2.62 bits per heavy atom. The number of alkyl carbamates (subject to hydrolysis) is 1. The van der Waals surface area contributed by atoms with Crippen molar-refractivity contribution in [2.45, 2.75) is 45.4 Å². The van der Waals surface area contributed by atoms with Crippen LogP contribution < -0.4 is 5.32 Å². The lowest BCUT2D eigenvalue weighted by Crippen LogP contribution is -2.41. The summed E-state index contributed by atoms with van der Waals surface area (Å²) >= 11 is 0. The van der Waals surface area contributed by atoms with Crippen molar-refractivity contribution in [3.8, 4) is 0 Å². The van der Waals surface area contributed by atoms with Crippen molar-refractivity contribution in [1.29, 1.82) is 0 Å². The second kappa shape index (κ2) is 3.54. The zero-order chi connectivity index (χ0) is 10.1. The number of carbonyl (C=O) groups excluding carboxylic acids is 1. The molecule has 1 heterocycles.